The topological polar surface area (TPSA) is 94.9 Å². The molecule has 14 heteroatoms. The first-order chi connectivity index (χ1) is 16.0. The number of hydrogen-bond donors (Lipinski definition) is 1. The Morgan fingerprint density at radius 2 is 1.79 bits per heavy atom. The summed E-state index contributed by atoms with van der Waals surface area (Å²) in [6.07, 6.45) is -5.98. The maximum Gasteiger partial charge on any atom is 0.459 e. The molecular weight excluding hydrogens is 488 g/mol. The third-order valence-corrected chi connectivity index (χ3v) is 5.35. The summed E-state index contributed by atoms with van der Waals surface area (Å²) < 4.78 is 81.6. The number of nitrogens with zero attached hydrogens (tertiary/aromatic N) is 4. The van der Waals surface area contributed by atoms with Gasteiger partial charge in [-0.05, 0) is 41.8 Å². The van der Waals surface area contributed by atoms with Crippen LogP contribution in [0.15, 0.2) is 59.1 Å². The van der Waals surface area contributed by atoms with E-state index >= 15 is 0 Å². The van der Waals surface area contributed by atoms with Crippen molar-refractivity contribution < 1.29 is 36.0 Å². The number of fused-ring (bicyclic) bond motifs is 1. The number of thiophene rings is 1. The van der Waals surface area contributed by atoms with Crippen LogP contribution in [-0.4, -0.2) is 32.6 Å². The summed E-state index contributed by atoms with van der Waals surface area (Å²) in [5, 5.41) is 8.62. The molecule has 0 aliphatic carbocycles. The van der Waals surface area contributed by atoms with E-state index in [9.17, 15) is 31.1 Å². The number of halogens is 6. The second-order valence-electron chi connectivity index (χ2n) is 6.74. The number of alkyl halides is 5. The molecule has 0 aliphatic rings. The Hall–Kier alpha value is -3.94. The zero-order valence-electron chi connectivity index (χ0n) is 16.6. The Labute approximate surface area is 190 Å². The summed E-state index contributed by atoms with van der Waals surface area (Å²) in [5.74, 6) is -7.44. The van der Waals surface area contributed by atoms with Gasteiger partial charge in [-0.15, -0.1) is 11.3 Å². The molecule has 0 saturated heterocycles. The van der Waals surface area contributed by atoms with E-state index in [1.807, 2.05) is 0 Å². The summed E-state index contributed by atoms with van der Waals surface area (Å²) in [5.41, 5.74) is 2.62. The molecule has 34 heavy (non-hydrogen) atoms. The fourth-order valence-corrected chi connectivity index (χ4v) is 3.44. The minimum absolute atomic E-state index is 0.0572. The predicted octanol–water partition coefficient (Wildman–Crippen LogP) is 4.73. The van der Waals surface area contributed by atoms with E-state index in [2.05, 4.69) is 20.1 Å². The van der Waals surface area contributed by atoms with Crippen LogP contribution >= 0.6 is 11.3 Å². The largest absolute Gasteiger partial charge is 0.459 e. The number of benzene rings is 1. The number of carbonyl (C=O) groups is 1. The third kappa shape index (κ3) is 4.31. The maximum absolute atomic E-state index is 14.3. The molecule has 176 valence electrons. The lowest BCUT2D eigenvalue weighted by Crippen LogP contribution is -2.36. The van der Waals surface area contributed by atoms with Gasteiger partial charge >= 0.3 is 18.1 Å². The summed E-state index contributed by atoms with van der Waals surface area (Å²) >= 11 is 1.20. The minimum Gasteiger partial charge on any atom is -0.380 e. The monoisotopic (exact) mass is 499 g/mol. The van der Waals surface area contributed by atoms with Gasteiger partial charge in [-0.25, -0.2) is 18.7 Å². The molecule has 0 bridgehead atoms. The quantitative estimate of drug-likeness (QED) is 0.141. The summed E-state index contributed by atoms with van der Waals surface area (Å²) in [6.45, 7) is 0. The van der Waals surface area contributed by atoms with Gasteiger partial charge in [-0.3, -0.25) is 0 Å². The van der Waals surface area contributed by atoms with Gasteiger partial charge in [0.25, 0.3) is 0 Å². The van der Waals surface area contributed by atoms with Crippen LogP contribution < -0.4 is 5.73 Å². The lowest BCUT2D eigenvalue weighted by atomic mass is 10.1. The fourth-order valence-electron chi connectivity index (χ4n) is 2.82. The van der Waals surface area contributed by atoms with E-state index in [-0.39, 0.29) is 21.6 Å². The lowest BCUT2D eigenvalue weighted by Gasteiger charge is -2.21. The van der Waals surface area contributed by atoms with Crippen molar-refractivity contribution in [1.82, 2.24) is 14.6 Å². The van der Waals surface area contributed by atoms with Gasteiger partial charge in [0.15, 0.2) is 17.2 Å². The summed E-state index contributed by atoms with van der Waals surface area (Å²) in [6, 6.07) is 8.84. The van der Waals surface area contributed by atoms with E-state index in [0.717, 1.165) is 30.3 Å². The molecule has 7 nitrogen and oxygen atoms in total. The highest BCUT2D eigenvalue weighted by Crippen LogP contribution is 2.44. The van der Waals surface area contributed by atoms with Crippen molar-refractivity contribution in [3.05, 3.63) is 76.0 Å². The van der Waals surface area contributed by atoms with Gasteiger partial charge in [0.1, 0.15) is 11.5 Å². The van der Waals surface area contributed by atoms with Crippen molar-refractivity contribution in [2.45, 2.75) is 12.1 Å². The second-order valence-corrected chi connectivity index (χ2v) is 7.69. The lowest BCUT2D eigenvalue weighted by molar-refractivity contribution is -0.291. The number of carbonyl (C=O) groups excluding carboxylic acids is 1. The molecule has 0 fully saturated rings. The van der Waals surface area contributed by atoms with Crippen molar-refractivity contribution in [2.75, 3.05) is 0 Å². The Morgan fingerprint density at radius 1 is 1.09 bits per heavy atom. The molecule has 0 atom stereocenters. The first-order valence-electron chi connectivity index (χ1n) is 9.18. The molecule has 4 rings (SSSR count). The van der Waals surface area contributed by atoms with Crippen LogP contribution in [0, 0.1) is 5.82 Å². The van der Waals surface area contributed by atoms with E-state index < -0.39 is 40.9 Å². The van der Waals surface area contributed by atoms with E-state index in [0.29, 0.717) is 10.9 Å². The molecule has 0 saturated carbocycles. The number of oxime groups is 1. The highest BCUT2D eigenvalue weighted by atomic mass is 32.1. The molecular formula is C20H11F6N5O2S. The van der Waals surface area contributed by atoms with Crippen LogP contribution in [0.2, 0.25) is 0 Å². The van der Waals surface area contributed by atoms with Gasteiger partial charge < -0.3 is 10.6 Å². The van der Waals surface area contributed by atoms with Crippen molar-refractivity contribution in [3.8, 4) is 11.3 Å². The number of amidine groups is 1. The maximum atomic E-state index is 14.3. The first-order valence-corrected chi connectivity index (χ1v) is 10.1. The molecule has 2 N–H and O–H groups in total. The van der Waals surface area contributed by atoms with Crippen LogP contribution in [-0.2, 0) is 10.8 Å². The summed E-state index contributed by atoms with van der Waals surface area (Å²) in [4.78, 5) is 21.4. The highest BCUT2D eigenvalue weighted by molar-refractivity contribution is 7.12. The van der Waals surface area contributed by atoms with E-state index in [1.54, 1.807) is 17.5 Å². The SMILES string of the molecule is N/C(=N\OC(=O)c1cc2nc(-c3ccc(F)cc3)cc(C(F)(F)C(F)(F)F)n2n1)c1cccs1. The van der Waals surface area contributed by atoms with Gasteiger partial charge in [-0.1, -0.05) is 11.2 Å². The molecule has 4 aromatic rings. The van der Waals surface area contributed by atoms with Gasteiger partial charge in [0, 0.05) is 11.6 Å². The van der Waals surface area contributed by atoms with E-state index in [1.165, 1.54) is 11.3 Å². The number of hydrogen-bond acceptors (Lipinski definition) is 6. The third-order valence-electron chi connectivity index (χ3n) is 4.45. The Balaban J connectivity index is 1.79. The van der Waals surface area contributed by atoms with Crippen LogP contribution in [0.3, 0.4) is 0 Å². The predicted molar refractivity (Wildman–Crippen MR) is 109 cm³/mol. The minimum atomic E-state index is -5.98. The normalized spacial score (nSPS) is 12.8. The molecule has 0 radical (unpaired) electrons. The van der Waals surface area contributed by atoms with E-state index in [4.69, 9.17) is 5.73 Å². The smallest absolute Gasteiger partial charge is 0.380 e. The fraction of sp³-hybridized carbons (Fsp3) is 0.100. The Bertz CT molecular complexity index is 1380. The Morgan fingerprint density at radius 3 is 2.41 bits per heavy atom. The zero-order chi connectivity index (χ0) is 24.7. The molecule has 0 amide bonds. The Kier molecular flexibility index (Phi) is 5.77. The molecule has 0 spiro atoms. The molecule has 0 aliphatic heterocycles. The number of rotatable bonds is 5. The first kappa shape index (κ1) is 23.2. The molecule has 3 aromatic heterocycles. The van der Waals surface area contributed by atoms with Crippen molar-refractivity contribution in [3.63, 3.8) is 0 Å². The zero-order valence-corrected chi connectivity index (χ0v) is 17.4. The van der Waals surface area contributed by atoms with Crippen molar-refractivity contribution >= 4 is 28.8 Å². The molecule has 3 heterocycles. The van der Waals surface area contributed by atoms with Crippen LogP contribution in [0.4, 0.5) is 26.3 Å². The van der Waals surface area contributed by atoms with Gasteiger partial charge in [-0.2, -0.15) is 27.1 Å². The number of aromatic nitrogens is 3. The van der Waals surface area contributed by atoms with Crippen LogP contribution in [0.5, 0.6) is 0 Å². The average molecular weight is 499 g/mol. The average Bonchev–Trinajstić information content (AvgIpc) is 3.46. The highest BCUT2D eigenvalue weighted by Gasteiger charge is 2.60. The molecule has 0 unspecified atom stereocenters. The van der Waals surface area contributed by atoms with Crippen molar-refractivity contribution in [2.24, 2.45) is 10.9 Å². The summed E-state index contributed by atoms with van der Waals surface area (Å²) in [7, 11) is 0. The second kappa shape index (κ2) is 8.44. The molecule has 1 aromatic carbocycles. The van der Waals surface area contributed by atoms with Crippen molar-refractivity contribution in [1.29, 1.82) is 0 Å². The van der Waals surface area contributed by atoms with Crippen LogP contribution in [0.25, 0.3) is 16.9 Å². The van der Waals surface area contributed by atoms with Crippen LogP contribution in [0.1, 0.15) is 21.1 Å². The van der Waals surface area contributed by atoms with Gasteiger partial charge in [0.05, 0.1) is 10.6 Å². The standard InChI is InChI=1S/C20H11F6N5O2S/c21-11-5-3-10(4-6-11)12-8-15(19(22,23)20(24,25)26)31-16(28-12)9-13(29-31)18(32)33-30-17(27)14-2-1-7-34-14/h1-9H,(H2,27,30). The number of nitrogens with two attached hydrogens (primary N) is 1. The van der Waals surface area contributed by atoms with Gasteiger partial charge in [0.2, 0.25) is 0 Å².